The highest BCUT2D eigenvalue weighted by atomic mass is 19.4. The van der Waals surface area contributed by atoms with E-state index in [-0.39, 0.29) is 11.1 Å². The number of ether oxygens (including phenoxy) is 1. The maximum Gasteiger partial charge on any atom is 0.573 e. The molecule has 0 unspecified atom stereocenters. The van der Waals surface area contributed by atoms with E-state index in [4.69, 9.17) is 0 Å². The molecule has 5 nitrogen and oxygen atoms in total. The van der Waals surface area contributed by atoms with Crippen molar-refractivity contribution >= 4 is 11.6 Å². The number of rotatable bonds is 5. The standard InChI is InChI=1S/C23H24F3N3O2/c1-15-7-5-8-16(11-15)14-29-19(13-20(28-29)22(2,3)4)21(30)27-17-9-6-10-18(12-17)31-23(24,25)26/h5-13H,14H2,1-4H3,(H,27,30). The number of carbonyl (C=O) groups excluding carboxylic acids is 1. The summed E-state index contributed by atoms with van der Waals surface area (Å²) < 4.78 is 43.0. The van der Waals surface area contributed by atoms with Crippen molar-refractivity contribution in [1.82, 2.24) is 9.78 Å². The molecular weight excluding hydrogens is 407 g/mol. The number of hydrogen-bond donors (Lipinski definition) is 1. The molecule has 0 spiro atoms. The number of hydrogen-bond acceptors (Lipinski definition) is 3. The normalized spacial score (nSPS) is 12.0. The molecule has 1 N–H and O–H groups in total. The first kappa shape index (κ1) is 22.4. The minimum Gasteiger partial charge on any atom is -0.406 e. The average molecular weight is 431 g/mol. The first-order valence-electron chi connectivity index (χ1n) is 9.72. The molecule has 2 aromatic carbocycles. The van der Waals surface area contributed by atoms with Crippen molar-refractivity contribution in [3.05, 3.63) is 77.1 Å². The molecule has 0 fully saturated rings. The Morgan fingerprint density at radius 2 is 1.77 bits per heavy atom. The highest BCUT2D eigenvalue weighted by Gasteiger charge is 2.31. The van der Waals surface area contributed by atoms with E-state index in [9.17, 15) is 18.0 Å². The van der Waals surface area contributed by atoms with Crippen LogP contribution < -0.4 is 10.1 Å². The Hall–Kier alpha value is -3.29. The molecule has 8 heteroatoms. The molecule has 1 aromatic heterocycles. The number of alkyl halides is 3. The van der Waals surface area contributed by atoms with E-state index >= 15 is 0 Å². The Balaban J connectivity index is 1.89. The first-order chi connectivity index (χ1) is 14.4. The van der Waals surface area contributed by atoms with Crippen molar-refractivity contribution in [3.63, 3.8) is 0 Å². The topological polar surface area (TPSA) is 56.2 Å². The van der Waals surface area contributed by atoms with E-state index in [1.54, 1.807) is 10.7 Å². The Morgan fingerprint density at radius 1 is 1.06 bits per heavy atom. The molecule has 0 saturated heterocycles. The van der Waals surface area contributed by atoms with Crippen LogP contribution in [0.2, 0.25) is 0 Å². The van der Waals surface area contributed by atoms with Gasteiger partial charge in [0.25, 0.3) is 5.91 Å². The highest BCUT2D eigenvalue weighted by molar-refractivity contribution is 6.03. The Kier molecular flexibility index (Phi) is 6.10. The van der Waals surface area contributed by atoms with Crippen LogP contribution >= 0.6 is 0 Å². The minimum atomic E-state index is -4.81. The molecule has 3 rings (SSSR count). The molecule has 0 bridgehead atoms. The molecule has 1 heterocycles. The van der Waals surface area contributed by atoms with E-state index < -0.39 is 18.0 Å². The summed E-state index contributed by atoms with van der Waals surface area (Å²) >= 11 is 0. The van der Waals surface area contributed by atoms with Gasteiger partial charge in [0.2, 0.25) is 0 Å². The zero-order valence-electron chi connectivity index (χ0n) is 17.7. The molecule has 164 valence electrons. The van der Waals surface area contributed by atoms with Crippen LogP contribution in [0, 0.1) is 6.92 Å². The van der Waals surface area contributed by atoms with E-state index in [0.29, 0.717) is 12.2 Å². The van der Waals surface area contributed by atoms with Crippen LogP contribution in [0.1, 0.15) is 48.1 Å². The van der Waals surface area contributed by atoms with Gasteiger partial charge in [0.05, 0.1) is 12.2 Å². The average Bonchev–Trinajstić information content (AvgIpc) is 3.05. The summed E-state index contributed by atoms with van der Waals surface area (Å²) in [6, 6.07) is 14.8. The van der Waals surface area contributed by atoms with Gasteiger partial charge in [-0.15, -0.1) is 13.2 Å². The Bertz CT molecular complexity index is 1080. The number of amides is 1. The molecule has 0 saturated carbocycles. The number of aryl methyl sites for hydroxylation is 1. The fourth-order valence-electron chi connectivity index (χ4n) is 3.04. The summed E-state index contributed by atoms with van der Waals surface area (Å²) in [5.41, 5.74) is 3.03. The van der Waals surface area contributed by atoms with Crippen molar-refractivity contribution in [1.29, 1.82) is 0 Å². The number of aromatic nitrogens is 2. The predicted molar refractivity (Wildman–Crippen MR) is 112 cm³/mol. The van der Waals surface area contributed by atoms with E-state index in [1.165, 1.54) is 18.2 Å². The van der Waals surface area contributed by atoms with Gasteiger partial charge in [-0.3, -0.25) is 9.48 Å². The number of benzene rings is 2. The van der Waals surface area contributed by atoms with Gasteiger partial charge in [-0.25, -0.2) is 0 Å². The number of nitrogens with one attached hydrogen (secondary N) is 1. The second-order valence-corrected chi connectivity index (χ2v) is 8.34. The number of carbonyl (C=O) groups is 1. The zero-order valence-corrected chi connectivity index (χ0v) is 17.7. The third-order valence-electron chi connectivity index (χ3n) is 4.52. The molecule has 3 aromatic rings. The molecule has 1 amide bonds. The molecular formula is C23H24F3N3O2. The van der Waals surface area contributed by atoms with Gasteiger partial charge in [-0.05, 0) is 30.7 Å². The lowest BCUT2D eigenvalue weighted by molar-refractivity contribution is -0.274. The smallest absolute Gasteiger partial charge is 0.406 e. The number of nitrogens with zero attached hydrogens (tertiary/aromatic N) is 2. The summed E-state index contributed by atoms with van der Waals surface area (Å²) in [5.74, 6) is -0.881. The second-order valence-electron chi connectivity index (χ2n) is 8.34. The lowest BCUT2D eigenvalue weighted by atomic mass is 9.92. The van der Waals surface area contributed by atoms with Gasteiger partial charge < -0.3 is 10.1 Å². The van der Waals surface area contributed by atoms with E-state index in [1.807, 2.05) is 52.0 Å². The summed E-state index contributed by atoms with van der Waals surface area (Å²) in [6.07, 6.45) is -4.81. The monoisotopic (exact) mass is 431 g/mol. The first-order valence-corrected chi connectivity index (χ1v) is 9.72. The van der Waals surface area contributed by atoms with Crippen LogP contribution in [-0.4, -0.2) is 22.1 Å². The van der Waals surface area contributed by atoms with Crippen LogP contribution in [0.5, 0.6) is 5.75 Å². The molecule has 0 aliphatic heterocycles. The molecule has 0 aliphatic rings. The van der Waals surface area contributed by atoms with Crippen LogP contribution in [0.15, 0.2) is 54.6 Å². The summed E-state index contributed by atoms with van der Waals surface area (Å²) in [7, 11) is 0. The molecule has 0 atom stereocenters. The fraction of sp³-hybridized carbons (Fsp3) is 0.304. The largest absolute Gasteiger partial charge is 0.573 e. The van der Waals surface area contributed by atoms with Crippen LogP contribution in [-0.2, 0) is 12.0 Å². The maximum absolute atomic E-state index is 13.0. The number of anilines is 1. The minimum absolute atomic E-state index is 0.187. The lowest BCUT2D eigenvalue weighted by Gasteiger charge is -2.14. The third-order valence-corrected chi connectivity index (χ3v) is 4.52. The number of halogens is 3. The van der Waals surface area contributed by atoms with Crippen molar-refractivity contribution in [2.45, 2.75) is 46.0 Å². The van der Waals surface area contributed by atoms with Gasteiger partial charge in [0.1, 0.15) is 11.4 Å². The maximum atomic E-state index is 13.0. The fourth-order valence-corrected chi connectivity index (χ4v) is 3.04. The highest BCUT2D eigenvalue weighted by Crippen LogP contribution is 2.26. The Labute approximate surface area is 178 Å². The van der Waals surface area contributed by atoms with Crippen LogP contribution in [0.4, 0.5) is 18.9 Å². The SMILES string of the molecule is Cc1cccc(Cn2nc(C(C)(C)C)cc2C(=O)Nc2cccc(OC(F)(F)F)c2)c1. The third kappa shape index (κ3) is 6.10. The van der Waals surface area contributed by atoms with Crippen molar-refractivity contribution in [3.8, 4) is 5.75 Å². The molecule has 31 heavy (non-hydrogen) atoms. The lowest BCUT2D eigenvalue weighted by Crippen LogP contribution is -2.19. The molecule has 0 aliphatic carbocycles. The molecule has 0 radical (unpaired) electrons. The van der Waals surface area contributed by atoms with Gasteiger partial charge in [-0.1, -0.05) is 56.7 Å². The van der Waals surface area contributed by atoms with Crippen LogP contribution in [0.25, 0.3) is 0 Å². The van der Waals surface area contributed by atoms with E-state index in [2.05, 4.69) is 15.2 Å². The zero-order chi connectivity index (χ0) is 22.8. The van der Waals surface area contributed by atoms with Gasteiger partial charge in [0, 0.05) is 17.2 Å². The quantitative estimate of drug-likeness (QED) is 0.565. The van der Waals surface area contributed by atoms with Crippen LogP contribution in [0.3, 0.4) is 0 Å². The van der Waals surface area contributed by atoms with Crippen molar-refractivity contribution in [2.75, 3.05) is 5.32 Å². The predicted octanol–water partition coefficient (Wildman–Crippen LogP) is 5.69. The van der Waals surface area contributed by atoms with Crippen molar-refractivity contribution < 1.29 is 22.7 Å². The summed E-state index contributed by atoms with van der Waals surface area (Å²) in [6.45, 7) is 8.35. The van der Waals surface area contributed by atoms with Gasteiger partial charge in [-0.2, -0.15) is 5.10 Å². The van der Waals surface area contributed by atoms with Gasteiger partial charge in [0.15, 0.2) is 0 Å². The van der Waals surface area contributed by atoms with E-state index in [0.717, 1.165) is 22.9 Å². The van der Waals surface area contributed by atoms with Gasteiger partial charge >= 0.3 is 6.36 Å². The summed E-state index contributed by atoms with van der Waals surface area (Å²) in [4.78, 5) is 13.0. The second kappa shape index (κ2) is 8.45. The summed E-state index contributed by atoms with van der Waals surface area (Å²) in [5, 5.41) is 7.26. The Morgan fingerprint density at radius 3 is 2.42 bits per heavy atom. The van der Waals surface area contributed by atoms with Crippen molar-refractivity contribution in [2.24, 2.45) is 0 Å².